The van der Waals surface area contributed by atoms with Crippen molar-refractivity contribution in [3.8, 4) is 0 Å². The van der Waals surface area contributed by atoms with Crippen LogP contribution in [0.15, 0.2) is 63.3 Å². The molecule has 0 saturated carbocycles. The average Bonchev–Trinajstić information content (AvgIpc) is 2.83. The van der Waals surface area contributed by atoms with Crippen molar-refractivity contribution in [3.63, 3.8) is 0 Å². The maximum absolute atomic E-state index is 12.5. The van der Waals surface area contributed by atoms with Crippen LogP contribution in [0.2, 0.25) is 0 Å². The lowest BCUT2D eigenvalue weighted by Crippen LogP contribution is -2.21. The van der Waals surface area contributed by atoms with Crippen molar-refractivity contribution in [2.24, 2.45) is 4.40 Å². The number of alkyl halides is 2. The molecule has 1 aromatic carbocycles. The van der Waals surface area contributed by atoms with Gasteiger partial charge in [-0.3, -0.25) is 4.79 Å². The Hall–Kier alpha value is -2.29. The zero-order valence-electron chi connectivity index (χ0n) is 13.2. The maximum Gasteiger partial charge on any atom is 0.282 e. The Bertz CT molecular complexity index is 1010. The summed E-state index contributed by atoms with van der Waals surface area (Å²) < 4.78 is 31.4. The fourth-order valence-corrected chi connectivity index (χ4v) is 3.76. The zero-order valence-corrected chi connectivity index (χ0v) is 15.5. The minimum Gasteiger partial charge on any atom is -0.616 e. The lowest BCUT2D eigenvalue weighted by Gasteiger charge is -2.13. The van der Waals surface area contributed by atoms with Gasteiger partial charge < -0.3 is 15.2 Å². The summed E-state index contributed by atoms with van der Waals surface area (Å²) in [6.45, 7) is 0. The Kier molecular flexibility index (Phi) is 4.60. The van der Waals surface area contributed by atoms with Crippen LogP contribution in [0, 0.1) is 0 Å². The van der Waals surface area contributed by atoms with Crippen molar-refractivity contribution in [2.45, 2.75) is 9.23 Å². The van der Waals surface area contributed by atoms with Gasteiger partial charge >= 0.3 is 0 Å². The zero-order chi connectivity index (χ0) is 19.1. The number of allylic oxidation sites excluding steroid dienone is 5. The van der Waals surface area contributed by atoms with Gasteiger partial charge in [-0.05, 0) is 43.0 Å². The number of hydrogen-bond donors (Lipinski definition) is 1. The summed E-state index contributed by atoms with van der Waals surface area (Å²) in [6.07, 6.45) is 5.54. The smallest absolute Gasteiger partial charge is 0.282 e. The molecular weight excluding hydrogens is 403 g/mol. The van der Waals surface area contributed by atoms with E-state index >= 15 is 0 Å². The van der Waals surface area contributed by atoms with Crippen molar-refractivity contribution < 1.29 is 23.1 Å². The molecule has 2 aliphatic rings. The average molecular weight is 414 g/mol. The van der Waals surface area contributed by atoms with Crippen LogP contribution in [-0.4, -0.2) is 27.1 Å². The Morgan fingerprint density at radius 3 is 2.50 bits per heavy atom. The summed E-state index contributed by atoms with van der Waals surface area (Å²) in [6, 6.07) is 3.88. The first kappa shape index (κ1) is 18.5. The largest absolute Gasteiger partial charge is 0.616 e. The number of sulfonamides is 1. The van der Waals surface area contributed by atoms with Crippen LogP contribution in [0.1, 0.15) is 5.56 Å². The Labute approximate surface area is 159 Å². The number of ether oxygens (including phenoxy) is 1. The highest BCUT2D eigenvalue weighted by Crippen LogP contribution is 2.45. The normalized spacial score (nSPS) is 17.7. The van der Waals surface area contributed by atoms with Crippen molar-refractivity contribution in [1.82, 2.24) is 0 Å². The van der Waals surface area contributed by atoms with Gasteiger partial charge in [-0.2, -0.15) is 12.8 Å². The number of benzene rings is 1. The minimum absolute atomic E-state index is 0.121. The molecule has 1 amide bonds. The predicted molar refractivity (Wildman–Crippen MR) is 95.4 cm³/mol. The second-order valence-electron chi connectivity index (χ2n) is 5.34. The number of anilines is 1. The molecule has 1 aliphatic heterocycles. The first-order chi connectivity index (χ1) is 12.1. The van der Waals surface area contributed by atoms with E-state index in [1.54, 1.807) is 0 Å². The van der Waals surface area contributed by atoms with Gasteiger partial charge in [0.05, 0.1) is 16.6 Å². The van der Waals surface area contributed by atoms with E-state index in [9.17, 15) is 18.3 Å². The topological polar surface area (TPSA) is 108 Å². The van der Waals surface area contributed by atoms with E-state index in [-0.39, 0.29) is 21.7 Å². The Morgan fingerprint density at radius 1 is 1.23 bits per heavy atom. The van der Waals surface area contributed by atoms with Crippen LogP contribution in [0.3, 0.4) is 0 Å². The van der Waals surface area contributed by atoms with Crippen LogP contribution < -0.4 is 10.4 Å². The highest BCUT2D eigenvalue weighted by Gasteiger charge is 2.44. The summed E-state index contributed by atoms with van der Waals surface area (Å²) in [4.78, 5) is 11.6. The number of methoxy groups -OCH3 is 1. The molecule has 10 heteroatoms. The number of nitrogens with one attached hydrogen (secondary N) is 1. The maximum atomic E-state index is 12.5. The van der Waals surface area contributed by atoms with E-state index in [2.05, 4.69) is 14.5 Å². The number of carbonyl (C=O) groups is 1. The van der Waals surface area contributed by atoms with Crippen molar-refractivity contribution in [3.05, 3.63) is 59.6 Å². The third kappa shape index (κ3) is 3.23. The molecule has 0 spiro atoms. The number of nitrogens with zero attached hydrogens (tertiary/aromatic N) is 1. The summed E-state index contributed by atoms with van der Waals surface area (Å²) in [7, 11) is -2.85. The Morgan fingerprint density at radius 2 is 1.88 bits per heavy atom. The SMILES string of the molecule is COC([O-])=C1C=CC(=NS(=O)(=O)c2ccc3c(c2)C(Cl)(Cl)C(=O)N3)C=C1. The van der Waals surface area contributed by atoms with E-state index in [0.717, 1.165) is 0 Å². The third-order valence-electron chi connectivity index (χ3n) is 3.67. The number of hydrogen-bond acceptors (Lipinski definition) is 5. The lowest BCUT2D eigenvalue weighted by atomic mass is 10.1. The fraction of sp³-hybridized carbons (Fsp3) is 0.125. The third-order valence-corrected chi connectivity index (χ3v) is 5.73. The molecular formula is C16H11Cl2N2O5S-. The van der Waals surface area contributed by atoms with Crippen LogP contribution >= 0.6 is 23.2 Å². The predicted octanol–water partition coefficient (Wildman–Crippen LogP) is 1.74. The molecule has 1 aliphatic carbocycles. The monoisotopic (exact) mass is 413 g/mol. The van der Waals surface area contributed by atoms with Gasteiger partial charge in [0.15, 0.2) is 0 Å². The van der Waals surface area contributed by atoms with Crippen molar-refractivity contribution >= 4 is 50.5 Å². The van der Waals surface area contributed by atoms with E-state index in [0.29, 0.717) is 5.69 Å². The standard InChI is InChI=1S/C16H12Cl2N2O5S/c1-25-14(21)9-2-4-10(5-3-9)20-26(23,24)11-6-7-13-12(8-11)16(17,18)15(22)19-13/h2-8,21H,1H3,(H,19,22)/p-1. The summed E-state index contributed by atoms with van der Waals surface area (Å²) >= 11 is 12.0. The number of rotatable bonds is 3. The summed E-state index contributed by atoms with van der Waals surface area (Å²) in [5.74, 6) is -1.20. The molecule has 0 saturated heterocycles. The molecule has 1 N–H and O–H groups in total. The molecule has 7 nitrogen and oxygen atoms in total. The first-order valence-corrected chi connectivity index (χ1v) is 9.35. The van der Waals surface area contributed by atoms with Crippen LogP contribution in [0.25, 0.3) is 0 Å². The van der Waals surface area contributed by atoms with Gasteiger partial charge in [-0.25, -0.2) is 0 Å². The molecule has 0 radical (unpaired) electrons. The molecule has 1 heterocycles. The summed E-state index contributed by atoms with van der Waals surface area (Å²) in [5, 5.41) is 13.9. The van der Waals surface area contributed by atoms with Crippen LogP contribution in [0.4, 0.5) is 5.69 Å². The molecule has 26 heavy (non-hydrogen) atoms. The number of amides is 1. The molecule has 0 unspecified atom stereocenters. The highest BCUT2D eigenvalue weighted by molar-refractivity contribution is 7.90. The van der Waals surface area contributed by atoms with E-state index in [4.69, 9.17) is 23.2 Å². The second-order valence-corrected chi connectivity index (χ2v) is 8.27. The van der Waals surface area contributed by atoms with E-state index in [1.165, 1.54) is 49.6 Å². The lowest BCUT2D eigenvalue weighted by molar-refractivity contribution is -0.354. The van der Waals surface area contributed by atoms with Crippen LogP contribution in [-0.2, 0) is 23.9 Å². The molecule has 1 aromatic rings. The molecule has 0 aromatic heterocycles. The number of carbonyl (C=O) groups excluding carboxylic acids is 1. The molecule has 0 atom stereocenters. The quantitative estimate of drug-likeness (QED) is 0.599. The number of halogens is 2. The minimum atomic E-state index is -4.09. The van der Waals surface area contributed by atoms with Crippen LogP contribution in [0.5, 0.6) is 0 Å². The van der Waals surface area contributed by atoms with Gasteiger partial charge in [0.25, 0.3) is 15.9 Å². The molecule has 136 valence electrons. The molecule has 0 bridgehead atoms. The van der Waals surface area contributed by atoms with E-state index in [1.807, 2.05) is 0 Å². The van der Waals surface area contributed by atoms with Crippen molar-refractivity contribution in [1.29, 1.82) is 0 Å². The fourth-order valence-electron chi connectivity index (χ4n) is 2.34. The highest BCUT2D eigenvalue weighted by atomic mass is 35.5. The van der Waals surface area contributed by atoms with Crippen molar-refractivity contribution in [2.75, 3.05) is 12.4 Å². The summed E-state index contributed by atoms with van der Waals surface area (Å²) in [5.41, 5.74) is 0.861. The van der Waals surface area contributed by atoms with Gasteiger partial charge in [0, 0.05) is 11.3 Å². The molecule has 3 rings (SSSR count). The second kappa shape index (κ2) is 6.46. The first-order valence-electron chi connectivity index (χ1n) is 7.15. The van der Waals surface area contributed by atoms with Gasteiger partial charge in [-0.15, -0.1) is 0 Å². The van der Waals surface area contributed by atoms with Gasteiger partial charge in [0.1, 0.15) is 0 Å². The number of fused-ring (bicyclic) bond motifs is 1. The van der Waals surface area contributed by atoms with Gasteiger partial charge in [-0.1, -0.05) is 35.4 Å². The Balaban J connectivity index is 1.96. The van der Waals surface area contributed by atoms with Gasteiger partial charge in [0.2, 0.25) is 4.33 Å². The molecule has 0 fully saturated rings. The van der Waals surface area contributed by atoms with E-state index < -0.39 is 26.2 Å².